The van der Waals surface area contributed by atoms with Crippen LogP contribution in [0.2, 0.25) is 0 Å². The van der Waals surface area contributed by atoms with Gasteiger partial charge >= 0.3 is 6.03 Å². The van der Waals surface area contributed by atoms with Crippen LogP contribution in [0.4, 0.5) is 10.5 Å². The van der Waals surface area contributed by atoms with Crippen molar-refractivity contribution in [3.8, 4) is 22.4 Å². The van der Waals surface area contributed by atoms with E-state index in [2.05, 4.69) is 42.0 Å². The highest BCUT2D eigenvalue weighted by Crippen LogP contribution is 2.41. The predicted molar refractivity (Wildman–Crippen MR) is 138 cm³/mol. The van der Waals surface area contributed by atoms with Gasteiger partial charge < -0.3 is 11.1 Å². The van der Waals surface area contributed by atoms with Crippen LogP contribution < -0.4 is 11.1 Å². The monoisotopic (exact) mass is 469 g/mol. The average molecular weight is 470 g/mol. The number of nitrogens with two attached hydrogens (primary N) is 1. The molecule has 180 valence electrons. The molecule has 0 radical (unpaired) electrons. The number of rotatable bonds is 6. The van der Waals surface area contributed by atoms with Gasteiger partial charge in [-0.1, -0.05) is 26.0 Å². The summed E-state index contributed by atoms with van der Waals surface area (Å²) in [5.74, 6) is 0.366. The van der Waals surface area contributed by atoms with E-state index in [1.807, 2.05) is 47.1 Å². The number of likely N-dealkylation sites (N-methyl/N-ethyl adjacent to an activating group) is 1. The Bertz CT molecular complexity index is 1330. The second-order valence-corrected chi connectivity index (χ2v) is 9.11. The van der Waals surface area contributed by atoms with Gasteiger partial charge in [-0.15, -0.1) is 0 Å². The number of carbonyl (C=O) groups excluding carboxylic acids is 1. The van der Waals surface area contributed by atoms with Crippen LogP contribution >= 0.6 is 0 Å². The fourth-order valence-corrected chi connectivity index (χ4v) is 5.59. The Morgan fingerprint density at radius 1 is 1.06 bits per heavy atom. The van der Waals surface area contributed by atoms with Gasteiger partial charge in [0, 0.05) is 47.8 Å². The summed E-state index contributed by atoms with van der Waals surface area (Å²) in [5.41, 5.74) is 11.7. The molecule has 4 aromatic rings. The smallest absolute Gasteiger partial charge is 0.316 e. The van der Waals surface area contributed by atoms with E-state index in [0.717, 1.165) is 47.4 Å². The summed E-state index contributed by atoms with van der Waals surface area (Å²) in [6, 6.07) is 14.1. The van der Waals surface area contributed by atoms with Gasteiger partial charge in [0.25, 0.3) is 0 Å². The van der Waals surface area contributed by atoms with Gasteiger partial charge in [-0.25, -0.2) is 14.3 Å². The van der Waals surface area contributed by atoms with Gasteiger partial charge in [0.15, 0.2) is 5.65 Å². The lowest BCUT2D eigenvalue weighted by Gasteiger charge is -2.27. The van der Waals surface area contributed by atoms with Crippen LogP contribution in [0.5, 0.6) is 0 Å². The summed E-state index contributed by atoms with van der Waals surface area (Å²) in [5, 5.41) is 7.75. The maximum atomic E-state index is 11.3. The number of carbonyl (C=O) groups is 1. The number of pyridine rings is 1. The lowest BCUT2D eigenvalue weighted by molar-refractivity contribution is 0.205. The van der Waals surface area contributed by atoms with E-state index in [1.54, 1.807) is 12.4 Å². The molecule has 1 fully saturated rings. The second-order valence-electron chi connectivity index (χ2n) is 9.11. The SMILES string of the molecule is CCC1CC(c2ccnc3c(-c4ccc(NC(N)=O)cc4)c(-c4ccncc4)nn23)C(C)N1CC. The number of anilines is 1. The Kier molecular flexibility index (Phi) is 6.21. The molecular weight excluding hydrogens is 438 g/mol. The second kappa shape index (κ2) is 9.46. The zero-order valence-electron chi connectivity index (χ0n) is 20.3. The van der Waals surface area contributed by atoms with E-state index in [1.165, 1.54) is 5.69 Å². The van der Waals surface area contributed by atoms with Crippen molar-refractivity contribution in [3.05, 3.63) is 66.7 Å². The van der Waals surface area contributed by atoms with E-state index in [-0.39, 0.29) is 0 Å². The first-order chi connectivity index (χ1) is 17.0. The number of primary amides is 1. The number of fused-ring (bicyclic) bond motifs is 1. The van der Waals surface area contributed by atoms with Crippen molar-refractivity contribution in [2.45, 2.75) is 51.6 Å². The Morgan fingerprint density at radius 3 is 2.43 bits per heavy atom. The number of urea groups is 1. The topological polar surface area (TPSA) is 101 Å². The first kappa shape index (κ1) is 23.0. The molecule has 1 aliphatic rings. The third kappa shape index (κ3) is 4.14. The minimum absolute atomic E-state index is 0.366. The number of hydrogen-bond acceptors (Lipinski definition) is 5. The molecule has 3 aromatic heterocycles. The number of amides is 2. The summed E-state index contributed by atoms with van der Waals surface area (Å²) in [6.45, 7) is 7.89. The molecule has 8 nitrogen and oxygen atoms in total. The van der Waals surface area contributed by atoms with Gasteiger partial charge in [-0.3, -0.25) is 9.88 Å². The molecule has 4 heterocycles. The molecule has 3 unspecified atom stereocenters. The molecule has 1 aliphatic heterocycles. The molecule has 0 bridgehead atoms. The molecular formula is C27H31N7O. The van der Waals surface area contributed by atoms with Crippen LogP contribution in [0.1, 0.15) is 45.2 Å². The Balaban J connectivity index is 1.68. The number of aromatic nitrogens is 4. The molecule has 35 heavy (non-hydrogen) atoms. The van der Waals surface area contributed by atoms with Crippen molar-refractivity contribution in [2.24, 2.45) is 5.73 Å². The summed E-state index contributed by atoms with van der Waals surface area (Å²) in [6.07, 6.45) is 7.71. The van der Waals surface area contributed by atoms with Crippen molar-refractivity contribution < 1.29 is 4.79 Å². The zero-order chi connectivity index (χ0) is 24.5. The molecule has 3 N–H and O–H groups in total. The molecule has 1 aromatic carbocycles. The van der Waals surface area contributed by atoms with Gasteiger partial charge in [0.05, 0.1) is 11.3 Å². The van der Waals surface area contributed by atoms with Crippen molar-refractivity contribution in [1.29, 1.82) is 0 Å². The average Bonchev–Trinajstić information content (AvgIpc) is 3.42. The Hall–Kier alpha value is -3.78. The van der Waals surface area contributed by atoms with Crippen LogP contribution in [0, 0.1) is 0 Å². The van der Waals surface area contributed by atoms with Gasteiger partial charge in [0.2, 0.25) is 0 Å². The summed E-state index contributed by atoms with van der Waals surface area (Å²) < 4.78 is 2.04. The Labute approximate surface area is 205 Å². The van der Waals surface area contributed by atoms with Crippen molar-refractivity contribution in [2.75, 3.05) is 11.9 Å². The first-order valence-corrected chi connectivity index (χ1v) is 12.2. The Morgan fingerprint density at radius 2 is 1.80 bits per heavy atom. The number of likely N-dealkylation sites (tertiary alicyclic amines) is 1. The maximum absolute atomic E-state index is 11.3. The van der Waals surface area contributed by atoms with Gasteiger partial charge in [-0.2, -0.15) is 5.10 Å². The number of hydrogen-bond donors (Lipinski definition) is 2. The third-order valence-corrected chi connectivity index (χ3v) is 7.26. The normalized spacial score (nSPS) is 20.4. The van der Waals surface area contributed by atoms with Crippen LogP contribution in [-0.2, 0) is 0 Å². The maximum Gasteiger partial charge on any atom is 0.316 e. The van der Waals surface area contributed by atoms with Crippen LogP contribution in [0.25, 0.3) is 28.0 Å². The standard InChI is InChI=1S/C27H31N7O/c1-4-21-16-22(17(3)33(21)5-2)23-12-15-30-26-24(18-6-8-20(9-7-18)31-27(28)35)25(32-34(23)26)19-10-13-29-14-11-19/h6-15,17,21-22H,4-5,16H2,1-3H3,(H3,28,31,35). The van der Waals surface area contributed by atoms with Crippen LogP contribution in [-0.4, -0.2) is 49.1 Å². The highest BCUT2D eigenvalue weighted by atomic mass is 16.2. The largest absolute Gasteiger partial charge is 0.351 e. The molecule has 1 saturated heterocycles. The highest BCUT2D eigenvalue weighted by molar-refractivity contribution is 5.92. The third-order valence-electron chi connectivity index (χ3n) is 7.26. The summed E-state index contributed by atoms with van der Waals surface area (Å²) >= 11 is 0. The number of nitrogens with one attached hydrogen (secondary N) is 1. The van der Waals surface area contributed by atoms with Gasteiger partial charge in [0.1, 0.15) is 5.69 Å². The van der Waals surface area contributed by atoms with E-state index in [4.69, 9.17) is 15.8 Å². The number of benzene rings is 1. The molecule has 0 saturated carbocycles. The van der Waals surface area contributed by atoms with Crippen molar-refractivity contribution in [1.82, 2.24) is 24.5 Å². The van der Waals surface area contributed by atoms with Crippen molar-refractivity contribution in [3.63, 3.8) is 0 Å². The van der Waals surface area contributed by atoms with Crippen LogP contribution in [0.3, 0.4) is 0 Å². The van der Waals surface area contributed by atoms with E-state index < -0.39 is 6.03 Å². The lowest BCUT2D eigenvalue weighted by atomic mass is 9.95. The minimum Gasteiger partial charge on any atom is -0.351 e. The fraction of sp³-hybridized carbons (Fsp3) is 0.333. The predicted octanol–water partition coefficient (Wildman–Crippen LogP) is 4.93. The lowest BCUT2D eigenvalue weighted by Crippen LogP contribution is -2.35. The first-order valence-electron chi connectivity index (χ1n) is 12.2. The van der Waals surface area contributed by atoms with E-state index >= 15 is 0 Å². The van der Waals surface area contributed by atoms with E-state index in [9.17, 15) is 4.79 Å². The van der Waals surface area contributed by atoms with Crippen LogP contribution in [0.15, 0.2) is 61.1 Å². The molecule has 0 aliphatic carbocycles. The summed E-state index contributed by atoms with van der Waals surface area (Å²) in [4.78, 5) is 22.8. The minimum atomic E-state index is -0.588. The molecule has 3 atom stereocenters. The molecule has 2 amide bonds. The quantitative estimate of drug-likeness (QED) is 0.417. The number of nitrogens with zero attached hydrogens (tertiary/aromatic N) is 5. The molecule has 8 heteroatoms. The highest BCUT2D eigenvalue weighted by Gasteiger charge is 2.39. The van der Waals surface area contributed by atoms with E-state index in [0.29, 0.717) is 23.7 Å². The zero-order valence-corrected chi connectivity index (χ0v) is 20.3. The fourth-order valence-electron chi connectivity index (χ4n) is 5.59. The van der Waals surface area contributed by atoms with Crippen molar-refractivity contribution >= 4 is 17.4 Å². The molecule has 0 spiro atoms. The molecule has 5 rings (SSSR count). The van der Waals surface area contributed by atoms with Gasteiger partial charge in [-0.05, 0) is 62.2 Å². The summed E-state index contributed by atoms with van der Waals surface area (Å²) in [7, 11) is 0.